The van der Waals surface area contributed by atoms with Crippen molar-refractivity contribution in [3.63, 3.8) is 0 Å². The Morgan fingerprint density at radius 2 is 1.37 bits per heavy atom. The number of nitrogens with zero attached hydrogens (tertiary/aromatic N) is 2. The van der Waals surface area contributed by atoms with Gasteiger partial charge in [-0.25, -0.2) is 4.99 Å². The highest BCUT2D eigenvalue weighted by Crippen LogP contribution is 2.39. The van der Waals surface area contributed by atoms with Gasteiger partial charge >= 0.3 is 0 Å². The molecule has 3 atom stereocenters. The van der Waals surface area contributed by atoms with Gasteiger partial charge in [-0.1, -0.05) is 133 Å². The molecule has 52 heavy (non-hydrogen) atoms. The van der Waals surface area contributed by atoms with Crippen LogP contribution >= 0.6 is 11.8 Å². The SMILES string of the molecule is NC(SC(N)c1cccc2cc(C3=CCCC(C4=CC(n5c6ccccc6c6ccccc65)N=C(c5ccccc5)N4)=C3)ccc12)c1ccccc1. The molecular weight excluding hydrogens is 655 g/mol. The predicted octanol–water partition coefficient (Wildman–Crippen LogP) is 10.5. The van der Waals surface area contributed by atoms with Crippen LogP contribution in [0.1, 0.15) is 52.0 Å². The van der Waals surface area contributed by atoms with E-state index in [4.69, 9.17) is 16.5 Å². The van der Waals surface area contributed by atoms with Crippen molar-refractivity contribution in [2.24, 2.45) is 16.5 Å². The number of benzene rings is 6. The Labute approximate surface area is 308 Å². The maximum Gasteiger partial charge on any atom is 0.149 e. The summed E-state index contributed by atoms with van der Waals surface area (Å²) in [7, 11) is 0. The number of amidine groups is 1. The number of thioether (sulfide) groups is 1. The molecule has 1 aliphatic carbocycles. The number of rotatable bonds is 8. The summed E-state index contributed by atoms with van der Waals surface area (Å²) in [6, 6.07) is 51.0. The number of allylic oxidation sites excluding steroid dienone is 4. The van der Waals surface area contributed by atoms with Gasteiger partial charge in [0.1, 0.15) is 12.0 Å². The van der Waals surface area contributed by atoms with Crippen molar-refractivity contribution in [3.8, 4) is 0 Å². The number of hydrogen-bond donors (Lipinski definition) is 3. The predicted molar refractivity (Wildman–Crippen MR) is 220 cm³/mol. The Bertz CT molecular complexity index is 2510. The lowest BCUT2D eigenvalue weighted by molar-refractivity contribution is 0.654. The summed E-state index contributed by atoms with van der Waals surface area (Å²) >= 11 is 1.58. The fourth-order valence-corrected chi connectivity index (χ4v) is 8.61. The number of nitrogens with one attached hydrogen (secondary N) is 1. The number of aliphatic imine (C=N–C) groups is 1. The highest BCUT2D eigenvalue weighted by atomic mass is 32.2. The molecule has 0 saturated carbocycles. The summed E-state index contributed by atoms with van der Waals surface area (Å²) < 4.78 is 2.38. The van der Waals surface area contributed by atoms with Crippen molar-refractivity contribution < 1.29 is 0 Å². The maximum atomic E-state index is 6.78. The molecule has 2 aliphatic rings. The van der Waals surface area contributed by atoms with E-state index in [-0.39, 0.29) is 16.9 Å². The minimum atomic E-state index is -0.252. The molecule has 0 fully saturated rings. The number of fused-ring (bicyclic) bond motifs is 4. The normalized spacial score (nSPS) is 17.2. The van der Waals surface area contributed by atoms with E-state index in [0.717, 1.165) is 46.5 Å². The zero-order valence-electron chi connectivity index (χ0n) is 28.7. The Balaban J connectivity index is 1.06. The second-order valence-corrected chi connectivity index (χ2v) is 14.7. The van der Waals surface area contributed by atoms with Crippen LogP contribution in [0.15, 0.2) is 180 Å². The third-order valence-electron chi connectivity index (χ3n) is 10.2. The van der Waals surface area contributed by atoms with Gasteiger partial charge in [-0.2, -0.15) is 0 Å². The molecule has 1 aromatic heterocycles. The largest absolute Gasteiger partial charge is 0.340 e. The summed E-state index contributed by atoms with van der Waals surface area (Å²) in [6.45, 7) is 0. The molecule has 0 amide bonds. The van der Waals surface area contributed by atoms with Crippen molar-refractivity contribution in [2.45, 2.75) is 29.8 Å². The molecule has 2 heterocycles. The molecule has 9 rings (SSSR count). The summed E-state index contributed by atoms with van der Waals surface area (Å²) in [5.74, 6) is 0.876. The highest BCUT2D eigenvalue weighted by Gasteiger charge is 2.24. The average molecular weight is 694 g/mol. The third-order valence-corrected chi connectivity index (χ3v) is 11.3. The first kappa shape index (κ1) is 32.3. The van der Waals surface area contributed by atoms with Crippen molar-refractivity contribution in [2.75, 3.05) is 0 Å². The average Bonchev–Trinajstić information content (AvgIpc) is 3.55. The van der Waals surface area contributed by atoms with Crippen LogP contribution in [-0.4, -0.2) is 10.4 Å². The Hall–Kier alpha value is -5.66. The molecule has 1 aliphatic heterocycles. The molecule has 7 aromatic rings. The van der Waals surface area contributed by atoms with Crippen LogP contribution in [0.2, 0.25) is 0 Å². The molecule has 0 bridgehead atoms. The van der Waals surface area contributed by atoms with E-state index < -0.39 is 0 Å². The van der Waals surface area contributed by atoms with Crippen molar-refractivity contribution in [3.05, 3.63) is 197 Å². The third kappa shape index (κ3) is 6.05. The van der Waals surface area contributed by atoms with Crippen molar-refractivity contribution in [1.82, 2.24) is 9.88 Å². The fraction of sp³-hybridized carbons (Fsp3) is 0.109. The Morgan fingerprint density at radius 3 is 2.12 bits per heavy atom. The lowest BCUT2D eigenvalue weighted by Crippen LogP contribution is -2.30. The van der Waals surface area contributed by atoms with Gasteiger partial charge in [-0.15, -0.1) is 11.8 Å². The maximum absolute atomic E-state index is 6.78. The molecule has 3 unspecified atom stereocenters. The van der Waals surface area contributed by atoms with Gasteiger partial charge in [0.25, 0.3) is 0 Å². The van der Waals surface area contributed by atoms with Gasteiger partial charge in [-0.3, -0.25) is 0 Å². The summed E-state index contributed by atoms with van der Waals surface area (Å²) in [5.41, 5.74) is 23.7. The molecule has 0 spiro atoms. The molecule has 5 N–H and O–H groups in total. The number of para-hydroxylation sites is 2. The zero-order chi connectivity index (χ0) is 35.0. The molecule has 0 radical (unpaired) electrons. The van der Waals surface area contributed by atoms with E-state index in [0.29, 0.717) is 0 Å². The highest BCUT2D eigenvalue weighted by molar-refractivity contribution is 7.99. The molecule has 254 valence electrons. The first-order chi connectivity index (χ1) is 25.6. The molecular formula is C46H39N5S. The summed E-state index contributed by atoms with van der Waals surface area (Å²) in [5, 5.41) is 8.10. The van der Waals surface area contributed by atoms with Crippen LogP contribution in [0.25, 0.3) is 38.2 Å². The minimum Gasteiger partial charge on any atom is -0.340 e. The second kappa shape index (κ2) is 13.8. The molecule has 6 heteroatoms. The van der Waals surface area contributed by atoms with E-state index in [1.165, 1.54) is 43.9 Å². The lowest BCUT2D eigenvalue weighted by atomic mass is 9.90. The first-order valence-electron chi connectivity index (χ1n) is 17.9. The fourth-order valence-electron chi connectivity index (χ4n) is 7.62. The van der Waals surface area contributed by atoms with Gasteiger partial charge < -0.3 is 21.4 Å². The van der Waals surface area contributed by atoms with Gasteiger partial charge in [0.2, 0.25) is 0 Å². The van der Waals surface area contributed by atoms with Crippen LogP contribution in [0, 0.1) is 0 Å². The summed E-state index contributed by atoms with van der Waals surface area (Å²) in [4.78, 5) is 5.34. The standard InChI is InChI=1S/C46H39N5S/c47-44(30-13-3-1-4-14-30)52-45(48)39-22-12-18-34-27-33(25-26-36(34)39)32-17-11-19-35(28-32)40-29-43(50-46(49-40)31-15-5-2-6-16-31)51-41-23-9-7-20-37(41)38-21-8-10-24-42(38)51/h1-10,12-18,20-29,43-45H,11,19,47-48H2,(H,49,50). The minimum absolute atomic E-state index is 0.202. The molecule has 6 aromatic carbocycles. The van der Waals surface area contributed by atoms with Crippen molar-refractivity contribution >= 4 is 55.7 Å². The quantitative estimate of drug-likeness (QED) is 0.138. The van der Waals surface area contributed by atoms with E-state index in [2.05, 4.69) is 149 Å². The van der Waals surface area contributed by atoms with Crippen LogP contribution in [0.5, 0.6) is 0 Å². The Morgan fingerprint density at radius 1 is 0.673 bits per heavy atom. The Kier molecular flexibility index (Phi) is 8.57. The van der Waals surface area contributed by atoms with E-state index in [9.17, 15) is 0 Å². The monoisotopic (exact) mass is 693 g/mol. The van der Waals surface area contributed by atoms with E-state index in [1.54, 1.807) is 11.8 Å². The van der Waals surface area contributed by atoms with Crippen LogP contribution in [-0.2, 0) is 0 Å². The smallest absolute Gasteiger partial charge is 0.149 e. The lowest BCUT2D eigenvalue weighted by Gasteiger charge is -2.27. The van der Waals surface area contributed by atoms with Gasteiger partial charge in [-0.05, 0) is 81.8 Å². The number of hydrogen-bond acceptors (Lipinski definition) is 5. The summed E-state index contributed by atoms with van der Waals surface area (Å²) in [6.07, 6.45) is 8.68. The molecule has 5 nitrogen and oxygen atoms in total. The van der Waals surface area contributed by atoms with Crippen LogP contribution in [0.4, 0.5) is 0 Å². The number of aromatic nitrogens is 1. The molecule has 0 saturated heterocycles. The first-order valence-corrected chi connectivity index (χ1v) is 18.8. The second-order valence-electron chi connectivity index (χ2n) is 13.4. The van der Waals surface area contributed by atoms with Gasteiger partial charge in [0, 0.05) is 22.0 Å². The zero-order valence-corrected chi connectivity index (χ0v) is 29.5. The van der Waals surface area contributed by atoms with E-state index >= 15 is 0 Å². The topological polar surface area (TPSA) is 81.4 Å². The van der Waals surface area contributed by atoms with Crippen LogP contribution < -0.4 is 16.8 Å². The van der Waals surface area contributed by atoms with Crippen molar-refractivity contribution in [1.29, 1.82) is 0 Å². The van der Waals surface area contributed by atoms with E-state index in [1.807, 2.05) is 24.3 Å². The van der Waals surface area contributed by atoms with Gasteiger partial charge in [0.05, 0.1) is 21.8 Å². The van der Waals surface area contributed by atoms with Crippen LogP contribution in [0.3, 0.4) is 0 Å². The van der Waals surface area contributed by atoms with Gasteiger partial charge in [0.15, 0.2) is 0 Å². The number of nitrogens with two attached hydrogens (primary N) is 2.